The van der Waals surface area contributed by atoms with Gasteiger partial charge in [-0.2, -0.15) is 15.5 Å². The maximum atomic E-state index is 13.5. The number of imide groups is 1. The summed E-state index contributed by atoms with van der Waals surface area (Å²) in [6, 6.07) is 17.4. The highest BCUT2D eigenvalue weighted by molar-refractivity contribution is 6.33. The van der Waals surface area contributed by atoms with E-state index in [0.29, 0.717) is 58.0 Å². The maximum Gasteiger partial charge on any atom is 0.274 e. The molecule has 15 nitrogen and oxygen atoms in total. The first-order chi connectivity index (χ1) is 28.4. The molecule has 1 aliphatic carbocycles. The summed E-state index contributed by atoms with van der Waals surface area (Å²) in [5.74, 6) is -0.912. The first-order valence-corrected chi connectivity index (χ1v) is 20.9. The summed E-state index contributed by atoms with van der Waals surface area (Å²) >= 11 is 6.70. The van der Waals surface area contributed by atoms with Gasteiger partial charge in [-0.05, 0) is 107 Å². The number of aliphatic hydroxyl groups is 1. The third-order valence-electron chi connectivity index (χ3n) is 11.9. The third-order valence-corrected chi connectivity index (χ3v) is 12.2. The molecule has 3 aromatic heterocycles. The number of fused-ring (bicyclic) bond motifs is 2. The number of amides is 3. The summed E-state index contributed by atoms with van der Waals surface area (Å²) in [6.45, 7) is 6.99. The number of carbonyl (C=O) groups excluding carboxylic acids is 3. The molecule has 3 aliphatic rings. The molecule has 2 saturated heterocycles. The molecule has 1 saturated carbocycles. The van der Waals surface area contributed by atoms with Crippen molar-refractivity contribution in [2.24, 2.45) is 0 Å². The minimum atomic E-state index is -1.24. The Labute approximate surface area is 347 Å². The highest BCUT2D eigenvalue weighted by atomic mass is 35.5. The number of anilines is 3. The molecular formula is C43H50ClN11O4. The van der Waals surface area contributed by atoms with Gasteiger partial charge >= 0.3 is 0 Å². The molecule has 1 atom stereocenters. The molecule has 5 heterocycles. The van der Waals surface area contributed by atoms with E-state index in [1.165, 1.54) is 10.7 Å². The molecule has 3 amide bonds. The van der Waals surface area contributed by atoms with Crippen molar-refractivity contribution in [2.75, 3.05) is 41.7 Å². The number of nitriles is 1. The first-order valence-electron chi connectivity index (χ1n) is 20.5. The van der Waals surface area contributed by atoms with Gasteiger partial charge in [-0.3, -0.25) is 24.4 Å². The van der Waals surface area contributed by atoms with E-state index in [0.717, 1.165) is 87.0 Å². The minimum absolute atomic E-state index is 0.234. The summed E-state index contributed by atoms with van der Waals surface area (Å²) in [6.07, 6.45) is 10.4. The predicted molar refractivity (Wildman–Crippen MR) is 227 cm³/mol. The number of benzene rings is 2. The van der Waals surface area contributed by atoms with Crippen molar-refractivity contribution in [3.63, 3.8) is 0 Å². The molecule has 0 radical (unpaired) electrons. The van der Waals surface area contributed by atoms with E-state index in [2.05, 4.69) is 42.7 Å². The lowest BCUT2D eigenvalue weighted by atomic mass is 9.91. The van der Waals surface area contributed by atoms with Crippen LogP contribution in [0.25, 0.3) is 16.4 Å². The normalized spacial score (nSPS) is 20.5. The Balaban J connectivity index is 0.789. The Bertz CT molecular complexity index is 2420. The van der Waals surface area contributed by atoms with Crippen LogP contribution < -0.4 is 31.5 Å². The molecule has 2 aliphatic heterocycles. The van der Waals surface area contributed by atoms with Gasteiger partial charge in [-0.25, -0.2) is 4.52 Å². The van der Waals surface area contributed by atoms with Crippen molar-refractivity contribution in [3.05, 3.63) is 82.8 Å². The average molecular weight is 820 g/mol. The van der Waals surface area contributed by atoms with Gasteiger partial charge in [0.15, 0.2) is 0 Å². The summed E-state index contributed by atoms with van der Waals surface area (Å²) in [7, 11) is 0. The Morgan fingerprint density at radius 2 is 1.73 bits per heavy atom. The standard InChI is InChI=1S/C43H50ClN11O4/c1-43(2,59)33-22-36-27(20-37(33)50-42(58)39-11-8-32-19-26(23-45)24-48-55(32)39)25-54(52-36)31-6-3-28(4-7-31)46-15-16-47-29-13-17-53(18-14-29)38-10-5-30(21-34(38)44)49-35-9-12-40(56)51-41(35)57/h5,8,10-11,19-22,24-25,28-29,31,35,46-47,49,59H,3-4,6-7,9,12-18H2,1-2H3,(H,50,58)(H,51,56,57). The van der Waals surface area contributed by atoms with Crippen LogP contribution in [0.3, 0.4) is 0 Å². The van der Waals surface area contributed by atoms with Crippen LogP contribution in [0.15, 0.2) is 60.9 Å². The molecule has 1 unspecified atom stereocenters. The molecule has 2 aromatic carbocycles. The van der Waals surface area contributed by atoms with Crippen molar-refractivity contribution in [3.8, 4) is 6.07 Å². The fourth-order valence-corrected chi connectivity index (χ4v) is 8.91. The number of aromatic nitrogens is 4. The lowest BCUT2D eigenvalue weighted by Gasteiger charge is -2.35. The Morgan fingerprint density at radius 1 is 0.983 bits per heavy atom. The van der Waals surface area contributed by atoms with Gasteiger partial charge in [0, 0.05) is 73.2 Å². The summed E-state index contributed by atoms with van der Waals surface area (Å²) in [4.78, 5) is 39.4. The molecule has 3 fully saturated rings. The van der Waals surface area contributed by atoms with Crippen molar-refractivity contribution in [2.45, 2.75) is 95.0 Å². The van der Waals surface area contributed by atoms with Crippen LogP contribution in [0.1, 0.15) is 92.9 Å². The third kappa shape index (κ3) is 9.06. The van der Waals surface area contributed by atoms with E-state index in [1.54, 1.807) is 32.0 Å². The average Bonchev–Trinajstić information content (AvgIpc) is 3.84. The van der Waals surface area contributed by atoms with E-state index >= 15 is 0 Å². The van der Waals surface area contributed by atoms with Gasteiger partial charge in [0.1, 0.15) is 17.8 Å². The van der Waals surface area contributed by atoms with E-state index in [1.807, 2.05) is 41.2 Å². The van der Waals surface area contributed by atoms with E-state index < -0.39 is 11.6 Å². The van der Waals surface area contributed by atoms with Crippen LogP contribution in [-0.2, 0) is 15.2 Å². The quantitative estimate of drug-likeness (QED) is 0.0713. The second-order valence-electron chi connectivity index (χ2n) is 16.5. The minimum Gasteiger partial charge on any atom is -0.386 e. The molecular weight excluding hydrogens is 770 g/mol. The first kappa shape index (κ1) is 40.3. The van der Waals surface area contributed by atoms with E-state index in [4.69, 9.17) is 16.7 Å². The SMILES string of the molecule is CC(C)(O)c1cc2nn(C3CCC(NCCNC4CCN(c5ccc(NC6CCC(=O)NC6=O)cc5Cl)CC4)CC3)cc2cc1NC(=O)c1ccc2cc(C#N)cnn12. The van der Waals surface area contributed by atoms with Gasteiger partial charge in [0.05, 0.1) is 45.1 Å². The number of carbonyl (C=O) groups is 3. The number of hydrogen-bond acceptors (Lipinski definition) is 11. The van der Waals surface area contributed by atoms with Gasteiger partial charge in [-0.15, -0.1) is 0 Å². The van der Waals surface area contributed by atoms with Crippen LogP contribution in [0.4, 0.5) is 17.1 Å². The summed E-state index contributed by atoms with van der Waals surface area (Å²) in [5, 5.41) is 47.1. The van der Waals surface area contributed by atoms with Gasteiger partial charge < -0.3 is 31.3 Å². The van der Waals surface area contributed by atoms with Crippen LogP contribution in [0.5, 0.6) is 0 Å². The van der Waals surface area contributed by atoms with Crippen LogP contribution in [0.2, 0.25) is 5.02 Å². The molecule has 308 valence electrons. The zero-order valence-electron chi connectivity index (χ0n) is 33.3. The van der Waals surface area contributed by atoms with Crippen LogP contribution in [0, 0.1) is 11.3 Å². The largest absolute Gasteiger partial charge is 0.386 e. The Hall–Kier alpha value is -5.53. The fraction of sp³-hybridized carbons (Fsp3) is 0.442. The summed E-state index contributed by atoms with van der Waals surface area (Å²) < 4.78 is 3.54. The Kier molecular flexibility index (Phi) is 11.6. The maximum absolute atomic E-state index is 13.5. The fourth-order valence-electron chi connectivity index (χ4n) is 8.61. The summed E-state index contributed by atoms with van der Waals surface area (Å²) in [5.41, 5.74) is 3.71. The molecule has 0 bridgehead atoms. The number of rotatable bonds is 12. The van der Waals surface area contributed by atoms with Crippen molar-refractivity contribution >= 4 is 62.8 Å². The second kappa shape index (κ2) is 17.0. The molecule has 5 aromatic rings. The van der Waals surface area contributed by atoms with E-state index in [9.17, 15) is 24.8 Å². The molecule has 59 heavy (non-hydrogen) atoms. The topological polar surface area (TPSA) is 194 Å². The highest BCUT2D eigenvalue weighted by Gasteiger charge is 2.29. The molecule has 0 spiro atoms. The lowest BCUT2D eigenvalue weighted by molar-refractivity contribution is -0.133. The van der Waals surface area contributed by atoms with Crippen molar-refractivity contribution < 1.29 is 19.5 Å². The van der Waals surface area contributed by atoms with Crippen LogP contribution >= 0.6 is 11.6 Å². The van der Waals surface area contributed by atoms with E-state index in [-0.39, 0.29) is 23.8 Å². The smallest absolute Gasteiger partial charge is 0.274 e. The zero-order chi connectivity index (χ0) is 41.3. The number of hydrogen-bond donors (Lipinski definition) is 6. The number of nitrogens with zero attached hydrogens (tertiary/aromatic N) is 6. The lowest BCUT2D eigenvalue weighted by Crippen LogP contribution is -2.47. The van der Waals surface area contributed by atoms with Crippen LogP contribution in [-0.4, -0.2) is 86.5 Å². The van der Waals surface area contributed by atoms with Crippen molar-refractivity contribution in [1.82, 2.24) is 35.3 Å². The highest BCUT2D eigenvalue weighted by Crippen LogP contribution is 2.35. The van der Waals surface area contributed by atoms with Crippen molar-refractivity contribution in [1.29, 1.82) is 5.26 Å². The van der Waals surface area contributed by atoms with Gasteiger partial charge in [-0.1, -0.05) is 11.6 Å². The zero-order valence-corrected chi connectivity index (χ0v) is 34.1. The number of piperidine rings is 2. The molecule has 16 heteroatoms. The number of nitrogens with one attached hydrogen (secondary N) is 5. The monoisotopic (exact) mass is 819 g/mol. The molecule has 8 rings (SSSR count). The predicted octanol–water partition coefficient (Wildman–Crippen LogP) is 5.24. The number of halogens is 1. The Morgan fingerprint density at radius 3 is 2.42 bits per heavy atom. The molecule has 6 N–H and O–H groups in total. The van der Waals surface area contributed by atoms with Gasteiger partial charge in [0.25, 0.3) is 5.91 Å². The second-order valence-corrected chi connectivity index (χ2v) is 16.9. The van der Waals surface area contributed by atoms with Gasteiger partial charge in [0.2, 0.25) is 11.8 Å².